The number of aliphatic carboxylic acids is 1. The van der Waals surface area contributed by atoms with Crippen molar-refractivity contribution in [2.45, 2.75) is 27.2 Å². The molecule has 0 aliphatic carbocycles. The number of aryl methyl sites for hydroxylation is 1. The summed E-state index contributed by atoms with van der Waals surface area (Å²) in [5, 5.41) is 9.52. The van der Waals surface area contributed by atoms with Gasteiger partial charge in [-0.2, -0.15) is 0 Å². The normalized spacial score (nSPS) is 11.4. The average Bonchev–Trinajstić information content (AvgIpc) is 2.69. The Morgan fingerprint density at radius 3 is 2.61 bits per heavy atom. The van der Waals surface area contributed by atoms with Crippen LogP contribution in [0.4, 0.5) is 0 Å². The minimum Gasteiger partial charge on any atom is -0.492 e. The molecular weight excluding hydrogens is 360 g/mol. The van der Waals surface area contributed by atoms with Crippen molar-refractivity contribution in [3.05, 3.63) is 64.5 Å². The Hall–Kier alpha value is -3.28. The molecule has 0 aliphatic heterocycles. The first-order valence-corrected chi connectivity index (χ1v) is 8.99. The minimum atomic E-state index is -1.03. The van der Waals surface area contributed by atoms with Gasteiger partial charge in [-0.15, -0.1) is 0 Å². The zero-order valence-electron chi connectivity index (χ0n) is 16.0. The Bertz CT molecular complexity index is 1060. The van der Waals surface area contributed by atoms with Gasteiger partial charge in [0.25, 0.3) is 0 Å². The van der Waals surface area contributed by atoms with Gasteiger partial charge in [0.05, 0.1) is 10.8 Å². The lowest BCUT2D eigenvalue weighted by molar-refractivity contribution is -0.148. The topological polar surface area (TPSA) is 86.0 Å². The molecule has 0 saturated carbocycles. The van der Waals surface area contributed by atoms with Crippen LogP contribution in [0, 0.1) is 5.41 Å². The standard InChI is InChI=1S/C22H22O6/c1-4-14-7-5-6-8-17(14)28-19-12-26-18-11-15(9-10-16(18)20(19)23)27-13-22(2,3)21(24)25/h5-12H,4,13H2,1-3H3,(H,24,25). The summed E-state index contributed by atoms with van der Waals surface area (Å²) in [4.78, 5) is 23.9. The van der Waals surface area contributed by atoms with Gasteiger partial charge >= 0.3 is 5.97 Å². The van der Waals surface area contributed by atoms with Gasteiger partial charge in [0.1, 0.15) is 30.0 Å². The number of hydrogen-bond donors (Lipinski definition) is 1. The van der Waals surface area contributed by atoms with Crippen LogP contribution in [0.25, 0.3) is 11.0 Å². The summed E-state index contributed by atoms with van der Waals surface area (Å²) >= 11 is 0. The number of carbonyl (C=O) groups is 1. The molecule has 0 bridgehead atoms. The molecule has 3 aromatic rings. The zero-order chi connectivity index (χ0) is 20.3. The lowest BCUT2D eigenvalue weighted by Crippen LogP contribution is -2.30. The molecule has 0 unspecified atom stereocenters. The van der Waals surface area contributed by atoms with E-state index in [-0.39, 0.29) is 17.8 Å². The van der Waals surface area contributed by atoms with Crippen molar-refractivity contribution in [3.63, 3.8) is 0 Å². The van der Waals surface area contributed by atoms with Gasteiger partial charge in [0.15, 0.2) is 0 Å². The van der Waals surface area contributed by atoms with Gasteiger partial charge in [-0.1, -0.05) is 25.1 Å². The van der Waals surface area contributed by atoms with Crippen LogP contribution in [0.3, 0.4) is 0 Å². The maximum Gasteiger partial charge on any atom is 0.312 e. The molecule has 1 aromatic heterocycles. The van der Waals surface area contributed by atoms with Crippen molar-refractivity contribution in [1.82, 2.24) is 0 Å². The molecule has 6 heteroatoms. The van der Waals surface area contributed by atoms with E-state index in [1.54, 1.807) is 32.0 Å². The summed E-state index contributed by atoms with van der Waals surface area (Å²) in [6.45, 7) is 5.16. The van der Waals surface area contributed by atoms with Crippen LogP contribution in [0.15, 0.2) is 57.9 Å². The van der Waals surface area contributed by atoms with Crippen LogP contribution in [-0.4, -0.2) is 17.7 Å². The molecule has 1 heterocycles. The van der Waals surface area contributed by atoms with E-state index in [2.05, 4.69) is 0 Å². The number of fused-ring (bicyclic) bond motifs is 1. The summed E-state index contributed by atoms with van der Waals surface area (Å²) < 4.78 is 16.9. The number of rotatable bonds is 7. The highest BCUT2D eigenvalue weighted by Gasteiger charge is 2.28. The van der Waals surface area contributed by atoms with E-state index in [9.17, 15) is 9.59 Å². The summed E-state index contributed by atoms with van der Waals surface area (Å²) in [5.74, 6) is 0.200. The highest BCUT2D eigenvalue weighted by molar-refractivity contribution is 5.79. The van der Waals surface area contributed by atoms with Gasteiger partial charge in [-0.3, -0.25) is 9.59 Å². The lowest BCUT2D eigenvalue weighted by Gasteiger charge is -2.19. The molecule has 0 aliphatic rings. The van der Waals surface area contributed by atoms with E-state index in [1.165, 1.54) is 6.26 Å². The minimum absolute atomic E-state index is 0.00688. The Morgan fingerprint density at radius 2 is 1.89 bits per heavy atom. The van der Waals surface area contributed by atoms with Crippen LogP contribution in [0.2, 0.25) is 0 Å². The largest absolute Gasteiger partial charge is 0.492 e. The fourth-order valence-electron chi connectivity index (χ4n) is 2.59. The van der Waals surface area contributed by atoms with E-state index in [0.29, 0.717) is 22.5 Å². The van der Waals surface area contributed by atoms with Crippen molar-refractivity contribution in [2.75, 3.05) is 6.61 Å². The molecule has 0 amide bonds. The molecule has 2 aromatic carbocycles. The molecule has 0 saturated heterocycles. The first kappa shape index (κ1) is 19.5. The molecule has 0 spiro atoms. The fourth-order valence-corrected chi connectivity index (χ4v) is 2.59. The maximum absolute atomic E-state index is 12.7. The van der Waals surface area contributed by atoms with Crippen LogP contribution in [-0.2, 0) is 11.2 Å². The Kier molecular flexibility index (Phi) is 5.40. The van der Waals surface area contributed by atoms with Gasteiger partial charge in [-0.25, -0.2) is 0 Å². The third-order valence-corrected chi connectivity index (χ3v) is 4.47. The highest BCUT2D eigenvalue weighted by Crippen LogP contribution is 2.27. The van der Waals surface area contributed by atoms with Crippen LogP contribution < -0.4 is 14.9 Å². The Morgan fingerprint density at radius 1 is 1.14 bits per heavy atom. The summed E-state index contributed by atoms with van der Waals surface area (Å²) in [6, 6.07) is 12.3. The second-order valence-corrected chi connectivity index (χ2v) is 7.13. The smallest absolute Gasteiger partial charge is 0.312 e. The van der Waals surface area contributed by atoms with Gasteiger partial charge in [0, 0.05) is 6.07 Å². The molecule has 28 heavy (non-hydrogen) atoms. The van der Waals surface area contributed by atoms with Gasteiger partial charge < -0.3 is 19.0 Å². The van der Waals surface area contributed by atoms with Crippen molar-refractivity contribution >= 4 is 16.9 Å². The first-order chi connectivity index (χ1) is 13.3. The third kappa shape index (κ3) is 4.01. The molecule has 3 rings (SSSR count). The van der Waals surface area contributed by atoms with E-state index in [1.807, 2.05) is 31.2 Å². The highest BCUT2D eigenvalue weighted by atomic mass is 16.5. The Balaban J connectivity index is 1.87. The van der Waals surface area contributed by atoms with Crippen LogP contribution >= 0.6 is 0 Å². The quantitative estimate of drug-likeness (QED) is 0.641. The van der Waals surface area contributed by atoms with Crippen molar-refractivity contribution < 1.29 is 23.8 Å². The summed E-state index contributed by atoms with van der Waals surface area (Å²) in [7, 11) is 0. The molecular formula is C22H22O6. The second kappa shape index (κ2) is 7.76. The van der Waals surface area contributed by atoms with Crippen molar-refractivity contribution in [1.29, 1.82) is 0 Å². The SMILES string of the molecule is CCc1ccccc1Oc1coc2cc(OCC(C)(C)C(=O)O)ccc2c1=O. The summed E-state index contributed by atoms with van der Waals surface area (Å²) in [5.41, 5.74) is 0.0169. The van der Waals surface area contributed by atoms with Crippen molar-refractivity contribution in [3.8, 4) is 17.2 Å². The molecule has 0 atom stereocenters. The average molecular weight is 382 g/mol. The molecule has 6 nitrogen and oxygen atoms in total. The number of ether oxygens (including phenoxy) is 2. The van der Waals surface area contributed by atoms with E-state index in [0.717, 1.165) is 12.0 Å². The zero-order valence-corrected chi connectivity index (χ0v) is 16.0. The number of hydrogen-bond acceptors (Lipinski definition) is 5. The van der Waals surface area contributed by atoms with Crippen molar-refractivity contribution in [2.24, 2.45) is 5.41 Å². The van der Waals surface area contributed by atoms with Crippen LogP contribution in [0.5, 0.6) is 17.2 Å². The predicted octanol–water partition coefficient (Wildman–Crippen LogP) is 4.64. The summed E-state index contributed by atoms with van der Waals surface area (Å²) in [6.07, 6.45) is 2.06. The predicted molar refractivity (Wildman–Crippen MR) is 105 cm³/mol. The van der Waals surface area contributed by atoms with E-state index >= 15 is 0 Å². The van der Waals surface area contributed by atoms with Gasteiger partial charge in [-0.05, 0) is 44.0 Å². The number of carboxylic acids is 1. The Labute approximate surface area is 162 Å². The molecule has 146 valence electrons. The number of benzene rings is 2. The second-order valence-electron chi connectivity index (χ2n) is 7.13. The first-order valence-electron chi connectivity index (χ1n) is 8.99. The number of para-hydroxylation sites is 1. The molecule has 1 N–H and O–H groups in total. The fraction of sp³-hybridized carbons (Fsp3) is 0.273. The van der Waals surface area contributed by atoms with Crippen LogP contribution in [0.1, 0.15) is 26.3 Å². The lowest BCUT2D eigenvalue weighted by atomic mass is 9.95. The maximum atomic E-state index is 12.7. The molecule has 0 radical (unpaired) electrons. The van der Waals surface area contributed by atoms with E-state index < -0.39 is 11.4 Å². The van der Waals surface area contributed by atoms with E-state index in [4.69, 9.17) is 19.0 Å². The van der Waals surface area contributed by atoms with Gasteiger partial charge in [0.2, 0.25) is 11.2 Å². The monoisotopic (exact) mass is 382 g/mol. The number of carboxylic acid groups (broad SMARTS) is 1. The molecule has 0 fully saturated rings. The third-order valence-electron chi connectivity index (χ3n) is 4.47.